The molecule has 2 rings (SSSR count). The van der Waals surface area contributed by atoms with Crippen LogP contribution in [0.2, 0.25) is 0 Å². The summed E-state index contributed by atoms with van der Waals surface area (Å²) in [6.07, 6.45) is 0. The molecule has 76 valence electrons. The van der Waals surface area contributed by atoms with Gasteiger partial charge in [-0.05, 0) is 12.1 Å². The number of methoxy groups -OCH3 is 1. The SMILES string of the molecule is COC1(CCl)Oc2cccc(O)c2O1. The lowest BCUT2D eigenvalue weighted by Gasteiger charge is -2.22. The van der Waals surface area contributed by atoms with Gasteiger partial charge in [-0.2, -0.15) is 0 Å². The van der Waals surface area contributed by atoms with Gasteiger partial charge in [0.25, 0.3) is 0 Å². The Bertz CT molecular complexity index is 349. The van der Waals surface area contributed by atoms with Gasteiger partial charge in [0.05, 0.1) is 0 Å². The van der Waals surface area contributed by atoms with Crippen LogP contribution in [0.1, 0.15) is 0 Å². The first-order valence-corrected chi connectivity index (χ1v) is 4.55. The van der Waals surface area contributed by atoms with Crippen LogP contribution < -0.4 is 9.47 Å². The maximum Gasteiger partial charge on any atom is 0.386 e. The standard InChI is InChI=1S/C9H9ClO4/c1-12-9(5-10)13-7-4-2-3-6(11)8(7)14-9/h2-4,11H,5H2,1H3. The molecular weight excluding hydrogens is 208 g/mol. The molecule has 1 aromatic carbocycles. The fourth-order valence-corrected chi connectivity index (χ4v) is 1.44. The normalized spacial score (nSPS) is 23.9. The van der Waals surface area contributed by atoms with Crippen molar-refractivity contribution < 1.29 is 19.3 Å². The number of ether oxygens (including phenoxy) is 3. The highest BCUT2D eigenvalue weighted by Crippen LogP contribution is 2.45. The Morgan fingerprint density at radius 1 is 1.50 bits per heavy atom. The highest BCUT2D eigenvalue weighted by Gasteiger charge is 2.43. The van der Waals surface area contributed by atoms with Crippen LogP contribution in [0.3, 0.4) is 0 Å². The van der Waals surface area contributed by atoms with Crippen molar-refractivity contribution in [1.29, 1.82) is 0 Å². The first-order chi connectivity index (χ1) is 6.71. The number of rotatable bonds is 2. The molecule has 1 aliphatic rings. The zero-order valence-electron chi connectivity index (χ0n) is 7.49. The first kappa shape index (κ1) is 9.43. The molecule has 0 saturated heterocycles. The van der Waals surface area contributed by atoms with E-state index in [1.54, 1.807) is 12.1 Å². The van der Waals surface area contributed by atoms with Gasteiger partial charge in [0.1, 0.15) is 5.88 Å². The van der Waals surface area contributed by atoms with Gasteiger partial charge in [-0.15, -0.1) is 11.6 Å². The molecule has 1 N–H and O–H groups in total. The van der Waals surface area contributed by atoms with Gasteiger partial charge in [-0.1, -0.05) is 6.07 Å². The molecule has 1 heterocycles. The van der Waals surface area contributed by atoms with Gasteiger partial charge >= 0.3 is 5.97 Å². The van der Waals surface area contributed by atoms with E-state index in [1.807, 2.05) is 0 Å². The van der Waals surface area contributed by atoms with Crippen molar-refractivity contribution >= 4 is 11.6 Å². The number of alkyl halides is 1. The second-order valence-electron chi connectivity index (χ2n) is 2.83. The number of aromatic hydroxyl groups is 1. The Kier molecular flexibility index (Phi) is 2.17. The van der Waals surface area contributed by atoms with E-state index < -0.39 is 5.97 Å². The summed E-state index contributed by atoms with van der Waals surface area (Å²) >= 11 is 5.65. The summed E-state index contributed by atoms with van der Waals surface area (Å²) < 4.78 is 15.6. The van der Waals surface area contributed by atoms with Crippen molar-refractivity contribution in [3.8, 4) is 17.2 Å². The Morgan fingerprint density at radius 3 is 2.86 bits per heavy atom. The van der Waals surface area contributed by atoms with Crippen molar-refractivity contribution in [3.05, 3.63) is 18.2 Å². The Hall–Kier alpha value is -1.13. The predicted octanol–water partition coefficient (Wildman–Crippen LogP) is 1.70. The Morgan fingerprint density at radius 2 is 2.29 bits per heavy atom. The van der Waals surface area contributed by atoms with E-state index >= 15 is 0 Å². The quantitative estimate of drug-likeness (QED) is 0.765. The molecule has 1 unspecified atom stereocenters. The van der Waals surface area contributed by atoms with Crippen molar-refractivity contribution in [3.63, 3.8) is 0 Å². The van der Waals surface area contributed by atoms with Gasteiger partial charge < -0.3 is 19.3 Å². The van der Waals surface area contributed by atoms with E-state index in [2.05, 4.69) is 0 Å². The molecular formula is C9H9ClO4. The topological polar surface area (TPSA) is 47.9 Å². The lowest BCUT2D eigenvalue weighted by molar-refractivity contribution is -0.251. The number of fused-ring (bicyclic) bond motifs is 1. The van der Waals surface area contributed by atoms with E-state index in [0.29, 0.717) is 5.75 Å². The maximum atomic E-state index is 9.45. The van der Waals surface area contributed by atoms with Crippen LogP contribution in [-0.4, -0.2) is 24.1 Å². The molecule has 1 atom stereocenters. The number of para-hydroxylation sites is 1. The molecule has 5 heteroatoms. The number of halogens is 1. The third-order valence-corrected chi connectivity index (χ3v) is 2.28. The summed E-state index contributed by atoms with van der Waals surface area (Å²) in [6, 6.07) is 4.82. The van der Waals surface area contributed by atoms with Crippen molar-refractivity contribution in [2.24, 2.45) is 0 Å². The van der Waals surface area contributed by atoms with Crippen molar-refractivity contribution in [1.82, 2.24) is 0 Å². The van der Waals surface area contributed by atoms with Crippen LogP contribution in [0.15, 0.2) is 18.2 Å². The fourth-order valence-electron chi connectivity index (χ4n) is 1.22. The zero-order valence-corrected chi connectivity index (χ0v) is 8.25. The molecule has 0 aromatic heterocycles. The summed E-state index contributed by atoms with van der Waals surface area (Å²) in [5.41, 5.74) is 0. The second-order valence-corrected chi connectivity index (χ2v) is 3.10. The Labute approximate surface area is 86.0 Å². The van der Waals surface area contributed by atoms with Crippen molar-refractivity contribution in [2.45, 2.75) is 5.97 Å². The van der Waals surface area contributed by atoms with E-state index in [9.17, 15) is 5.11 Å². The number of benzene rings is 1. The lowest BCUT2D eigenvalue weighted by atomic mass is 10.3. The van der Waals surface area contributed by atoms with Crippen LogP contribution in [0.4, 0.5) is 0 Å². The third-order valence-electron chi connectivity index (χ3n) is 1.96. The number of hydrogen-bond donors (Lipinski definition) is 1. The maximum absolute atomic E-state index is 9.45. The molecule has 0 amide bonds. The van der Waals surface area contributed by atoms with E-state index in [4.69, 9.17) is 25.8 Å². The summed E-state index contributed by atoms with van der Waals surface area (Å²) in [5, 5.41) is 9.45. The summed E-state index contributed by atoms with van der Waals surface area (Å²) in [4.78, 5) is 0. The number of phenolic OH excluding ortho intramolecular Hbond substituents is 1. The largest absolute Gasteiger partial charge is 0.504 e. The molecule has 1 aliphatic heterocycles. The van der Waals surface area contributed by atoms with Crippen LogP contribution in [0.25, 0.3) is 0 Å². The predicted molar refractivity (Wildman–Crippen MR) is 49.8 cm³/mol. The first-order valence-electron chi connectivity index (χ1n) is 4.02. The van der Waals surface area contributed by atoms with Gasteiger partial charge in [0.2, 0.25) is 5.75 Å². The van der Waals surface area contributed by atoms with Gasteiger partial charge in [-0.3, -0.25) is 0 Å². The summed E-state index contributed by atoms with van der Waals surface area (Å²) in [7, 11) is 1.42. The van der Waals surface area contributed by atoms with E-state index in [-0.39, 0.29) is 17.4 Å². The molecule has 14 heavy (non-hydrogen) atoms. The Balaban J connectivity index is 2.38. The van der Waals surface area contributed by atoms with Gasteiger partial charge in [0.15, 0.2) is 11.5 Å². The molecule has 1 aromatic rings. The molecule has 0 radical (unpaired) electrons. The average molecular weight is 217 g/mol. The van der Waals surface area contributed by atoms with Crippen molar-refractivity contribution in [2.75, 3.05) is 13.0 Å². The summed E-state index contributed by atoms with van der Waals surface area (Å²) in [5.74, 6) is -0.616. The van der Waals surface area contributed by atoms with Gasteiger partial charge in [-0.25, -0.2) is 0 Å². The van der Waals surface area contributed by atoms with Crippen LogP contribution in [-0.2, 0) is 4.74 Å². The number of phenols is 1. The minimum atomic E-state index is -1.32. The van der Waals surface area contributed by atoms with Crippen LogP contribution in [0.5, 0.6) is 17.2 Å². The summed E-state index contributed by atoms with van der Waals surface area (Å²) in [6.45, 7) is 0. The minimum absolute atomic E-state index is 0.00606. The molecule has 0 spiro atoms. The highest BCUT2D eigenvalue weighted by molar-refractivity contribution is 6.18. The smallest absolute Gasteiger partial charge is 0.386 e. The van der Waals surface area contributed by atoms with Crippen LogP contribution >= 0.6 is 11.6 Å². The molecule has 0 saturated carbocycles. The monoisotopic (exact) mass is 216 g/mol. The molecule has 0 bridgehead atoms. The average Bonchev–Trinajstić information content (AvgIpc) is 2.59. The minimum Gasteiger partial charge on any atom is -0.504 e. The fraction of sp³-hybridized carbons (Fsp3) is 0.333. The molecule has 0 fully saturated rings. The highest BCUT2D eigenvalue weighted by atomic mass is 35.5. The number of hydrogen-bond acceptors (Lipinski definition) is 4. The lowest BCUT2D eigenvalue weighted by Crippen LogP contribution is -2.42. The van der Waals surface area contributed by atoms with Crippen LogP contribution in [0, 0.1) is 0 Å². The molecule has 4 nitrogen and oxygen atoms in total. The van der Waals surface area contributed by atoms with E-state index in [1.165, 1.54) is 13.2 Å². The molecule has 0 aliphatic carbocycles. The third kappa shape index (κ3) is 1.27. The second kappa shape index (κ2) is 3.22. The van der Waals surface area contributed by atoms with E-state index in [0.717, 1.165) is 0 Å². The van der Waals surface area contributed by atoms with Gasteiger partial charge in [0, 0.05) is 7.11 Å². The zero-order chi connectivity index (χ0) is 10.2.